The number of aryl methyl sites for hydroxylation is 2. The molecule has 4 nitrogen and oxygen atoms in total. The second-order valence-corrected chi connectivity index (χ2v) is 6.69. The van der Waals surface area contributed by atoms with E-state index in [1.807, 2.05) is 32.0 Å². The van der Waals surface area contributed by atoms with E-state index in [0.29, 0.717) is 17.0 Å². The lowest BCUT2D eigenvalue weighted by Crippen LogP contribution is -1.92. The molecule has 0 saturated heterocycles. The van der Waals surface area contributed by atoms with E-state index in [0.717, 1.165) is 33.5 Å². The van der Waals surface area contributed by atoms with Gasteiger partial charge in [-0.15, -0.1) is 0 Å². The van der Waals surface area contributed by atoms with E-state index in [4.69, 9.17) is 13.9 Å². The minimum atomic E-state index is -0.421. The topological polar surface area (TPSA) is 44.5 Å². The second-order valence-electron chi connectivity index (χ2n) is 6.69. The normalized spacial score (nSPS) is 11.0. The summed E-state index contributed by atoms with van der Waals surface area (Å²) >= 11 is 0. The molecule has 0 bridgehead atoms. The summed E-state index contributed by atoms with van der Waals surface area (Å²) in [5.74, 6) is 1.06. The first-order valence-electron chi connectivity index (χ1n) is 8.90. The van der Waals surface area contributed by atoms with Crippen LogP contribution in [0.4, 0.5) is 4.39 Å². The number of hydrogen-bond donors (Lipinski definition) is 0. The minimum absolute atomic E-state index is 0.157. The van der Waals surface area contributed by atoms with Crippen LogP contribution in [-0.4, -0.2) is 19.2 Å². The molecule has 3 aromatic carbocycles. The van der Waals surface area contributed by atoms with Crippen molar-refractivity contribution in [1.29, 1.82) is 0 Å². The fourth-order valence-electron chi connectivity index (χ4n) is 3.46. The first kappa shape index (κ1) is 18.0. The Kier molecular flexibility index (Phi) is 4.51. The summed E-state index contributed by atoms with van der Waals surface area (Å²) in [6.45, 7) is 4.06. The van der Waals surface area contributed by atoms with Crippen LogP contribution < -0.4 is 9.47 Å². The summed E-state index contributed by atoms with van der Waals surface area (Å²) in [6.07, 6.45) is 0. The van der Waals surface area contributed by atoms with Crippen LogP contribution in [0, 0.1) is 19.7 Å². The van der Waals surface area contributed by atoms with Crippen molar-refractivity contribution in [3.05, 3.63) is 65.5 Å². The average Bonchev–Trinajstić information content (AvgIpc) is 3.11. The molecule has 0 aliphatic rings. The van der Waals surface area contributed by atoms with Gasteiger partial charge in [-0.3, -0.25) is 0 Å². The molecule has 4 rings (SSSR count). The Bertz CT molecular complexity index is 1160. The highest BCUT2D eigenvalue weighted by Gasteiger charge is 2.13. The van der Waals surface area contributed by atoms with Crippen molar-refractivity contribution < 1.29 is 18.3 Å². The number of aromatic nitrogens is 1. The van der Waals surface area contributed by atoms with Crippen LogP contribution in [0.25, 0.3) is 33.7 Å². The number of methoxy groups -OCH3 is 2. The molecule has 0 atom stereocenters. The van der Waals surface area contributed by atoms with E-state index in [1.54, 1.807) is 19.2 Å². The Morgan fingerprint density at radius 3 is 2.21 bits per heavy atom. The van der Waals surface area contributed by atoms with E-state index in [2.05, 4.69) is 17.1 Å². The number of halogens is 1. The molecule has 0 radical (unpaired) electrons. The third kappa shape index (κ3) is 3.09. The van der Waals surface area contributed by atoms with Gasteiger partial charge in [0, 0.05) is 5.56 Å². The predicted octanol–water partition coefficient (Wildman–Crippen LogP) is 5.93. The molecule has 0 saturated carbocycles. The molecule has 0 amide bonds. The highest BCUT2D eigenvalue weighted by molar-refractivity contribution is 5.83. The van der Waals surface area contributed by atoms with Gasteiger partial charge in [0.15, 0.2) is 17.1 Å². The smallest absolute Gasteiger partial charge is 0.227 e. The standard InChI is InChI=1S/C23H20FNO3/c1-13-9-17(10-14(2)22(13)27-4)15-6-8-19-21(11-15)28-23(25-19)16-5-7-18(24)20(12-16)26-3/h5-12H,1-4H3. The van der Waals surface area contributed by atoms with Crippen LogP contribution >= 0.6 is 0 Å². The molecule has 1 heterocycles. The van der Waals surface area contributed by atoms with Gasteiger partial charge in [-0.05, 0) is 78.6 Å². The van der Waals surface area contributed by atoms with Crippen molar-refractivity contribution in [2.45, 2.75) is 13.8 Å². The van der Waals surface area contributed by atoms with Crippen LogP contribution in [0.1, 0.15) is 11.1 Å². The highest BCUT2D eigenvalue weighted by Crippen LogP contribution is 2.33. The van der Waals surface area contributed by atoms with E-state index in [9.17, 15) is 4.39 Å². The third-order valence-electron chi connectivity index (χ3n) is 4.78. The van der Waals surface area contributed by atoms with Gasteiger partial charge in [-0.2, -0.15) is 0 Å². The summed E-state index contributed by atoms with van der Waals surface area (Å²) in [4.78, 5) is 4.52. The van der Waals surface area contributed by atoms with Gasteiger partial charge in [-0.25, -0.2) is 9.37 Å². The molecule has 0 N–H and O–H groups in total. The molecular formula is C23H20FNO3. The molecule has 0 aliphatic heterocycles. The number of nitrogens with zero attached hydrogens (tertiary/aromatic N) is 1. The van der Waals surface area contributed by atoms with Crippen molar-refractivity contribution in [2.75, 3.05) is 14.2 Å². The Labute approximate surface area is 162 Å². The second kappa shape index (κ2) is 7.00. The third-order valence-corrected chi connectivity index (χ3v) is 4.78. The van der Waals surface area contributed by atoms with Crippen molar-refractivity contribution in [3.8, 4) is 34.1 Å². The molecular weight excluding hydrogens is 357 g/mol. The summed E-state index contributed by atoms with van der Waals surface area (Å²) in [5.41, 5.74) is 6.33. The number of ether oxygens (including phenoxy) is 2. The number of oxazole rings is 1. The lowest BCUT2D eigenvalue weighted by molar-refractivity contribution is 0.386. The molecule has 142 valence electrons. The first-order valence-corrected chi connectivity index (χ1v) is 8.90. The summed E-state index contributed by atoms with van der Waals surface area (Å²) < 4.78 is 30.1. The zero-order valence-corrected chi connectivity index (χ0v) is 16.2. The molecule has 0 unspecified atom stereocenters. The van der Waals surface area contributed by atoms with Gasteiger partial charge in [-0.1, -0.05) is 6.07 Å². The zero-order chi connectivity index (χ0) is 19.8. The molecule has 0 spiro atoms. The summed E-state index contributed by atoms with van der Waals surface area (Å²) in [7, 11) is 3.11. The van der Waals surface area contributed by atoms with Crippen LogP contribution in [0.2, 0.25) is 0 Å². The van der Waals surface area contributed by atoms with E-state index in [1.165, 1.54) is 13.2 Å². The maximum Gasteiger partial charge on any atom is 0.227 e. The summed E-state index contributed by atoms with van der Waals surface area (Å²) in [5, 5.41) is 0. The Balaban J connectivity index is 1.77. The molecule has 1 aromatic heterocycles. The van der Waals surface area contributed by atoms with Gasteiger partial charge in [0.1, 0.15) is 11.3 Å². The fourth-order valence-corrected chi connectivity index (χ4v) is 3.46. The van der Waals surface area contributed by atoms with E-state index in [-0.39, 0.29) is 5.75 Å². The van der Waals surface area contributed by atoms with Gasteiger partial charge in [0.2, 0.25) is 5.89 Å². The monoisotopic (exact) mass is 377 g/mol. The molecule has 5 heteroatoms. The van der Waals surface area contributed by atoms with Crippen molar-refractivity contribution >= 4 is 11.1 Å². The molecule has 0 fully saturated rings. The first-order chi connectivity index (χ1) is 13.5. The largest absolute Gasteiger partial charge is 0.496 e. The molecule has 0 aliphatic carbocycles. The summed E-state index contributed by atoms with van der Waals surface area (Å²) in [6, 6.07) is 14.6. The average molecular weight is 377 g/mol. The van der Waals surface area contributed by atoms with Crippen LogP contribution in [0.3, 0.4) is 0 Å². The number of benzene rings is 3. The van der Waals surface area contributed by atoms with E-state index >= 15 is 0 Å². The van der Waals surface area contributed by atoms with Gasteiger partial charge in [0.25, 0.3) is 0 Å². The maximum atomic E-state index is 13.7. The lowest BCUT2D eigenvalue weighted by atomic mass is 9.99. The van der Waals surface area contributed by atoms with Gasteiger partial charge >= 0.3 is 0 Å². The fraction of sp³-hybridized carbons (Fsp3) is 0.174. The van der Waals surface area contributed by atoms with Gasteiger partial charge in [0.05, 0.1) is 14.2 Å². The highest BCUT2D eigenvalue weighted by atomic mass is 19.1. The van der Waals surface area contributed by atoms with Crippen molar-refractivity contribution in [1.82, 2.24) is 4.98 Å². The van der Waals surface area contributed by atoms with Crippen LogP contribution in [0.5, 0.6) is 11.5 Å². The van der Waals surface area contributed by atoms with Crippen LogP contribution in [0.15, 0.2) is 52.9 Å². The predicted molar refractivity (Wildman–Crippen MR) is 107 cm³/mol. The Morgan fingerprint density at radius 2 is 1.54 bits per heavy atom. The molecule has 28 heavy (non-hydrogen) atoms. The Morgan fingerprint density at radius 1 is 0.821 bits per heavy atom. The van der Waals surface area contributed by atoms with Gasteiger partial charge < -0.3 is 13.9 Å². The number of rotatable bonds is 4. The lowest BCUT2D eigenvalue weighted by Gasteiger charge is -2.11. The van der Waals surface area contributed by atoms with E-state index < -0.39 is 5.82 Å². The Hall–Kier alpha value is -3.34. The van der Waals surface area contributed by atoms with Crippen LogP contribution in [-0.2, 0) is 0 Å². The quantitative estimate of drug-likeness (QED) is 0.442. The molecule has 4 aromatic rings. The maximum absolute atomic E-state index is 13.7. The SMILES string of the molecule is COc1cc(-c2nc3ccc(-c4cc(C)c(OC)c(C)c4)cc3o2)ccc1F. The number of hydrogen-bond acceptors (Lipinski definition) is 4. The van der Waals surface area contributed by atoms with Crippen molar-refractivity contribution in [3.63, 3.8) is 0 Å². The zero-order valence-electron chi connectivity index (χ0n) is 16.2. The number of fused-ring (bicyclic) bond motifs is 1. The minimum Gasteiger partial charge on any atom is -0.496 e. The van der Waals surface area contributed by atoms with Crippen molar-refractivity contribution in [2.24, 2.45) is 0 Å².